The van der Waals surface area contributed by atoms with Crippen molar-refractivity contribution in [1.29, 1.82) is 0 Å². The van der Waals surface area contributed by atoms with E-state index in [1.54, 1.807) is 0 Å². The van der Waals surface area contributed by atoms with Crippen LogP contribution in [-0.4, -0.2) is 0 Å². The van der Waals surface area contributed by atoms with Crippen molar-refractivity contribution in [2.75, 3.05) is 0 Å². The molecule has 104 valence electrons. The Balaban J connectivity index is 1.71. The molecule has 3 rings (SSSR count). The van der Waals surface area contributed by atoms with Crippen LogP contribution in [0.5, 0.6) is 0 Å². The molecule has 0 amide bonds. The third-order valence-electron chi connectivity index (χ3n) is 5.21. The molecule has 2 fully saturated rings. The van der Waals surface area contributed by atoms with E-state index in [0.717, 1.165) is 28.3 Å². The van der Waals surface area contributed by atoms with Gasteiger partial charge >= 0.3 is 0 Å². The molecule has 0 spiro atoms. The minimum Gasteiger partial charge on any atom is -0.271 e. The van der Waals surface area contributed by atoms with Gasteiger partial charge in [-0.25, -0.2) is 0 Å². The van der Waals surface area contributed by atoms with Crippen molar-refractivity contribution in [1.82, 2.24) is 5.43 Å². The SMILES string of the molecule is Cc1cc(C(CC2CC3CCC2C3)NN)ccc1Cl. The second-order valence-electron chi connectivity index (χ2n) is 6.40. The molecule has 0 aliphatic heterocycles. The summed E-state index contributed by atoms with van der Waals surface area (Å²) in [5.74, 6) is 8.60. The van der Waals surface area contributed by atoms with E-state index in [1.165, 1.54) is 37.7 Å². The van der Waals surface area contributed by atoms with Crippen LogP contribution in [0.3, 0.4) is 0 Å². The molecule has 0 radical (unpaired) electrons. The number of nitrogens with two attached hydrogens (primary N) is 1. The standard InChI is InChI=1S/C16H23ClN2/c1-10-6-13(4-5-15(10)17)16(19-18)9-14-8-11-2-3-12(14)7-11/h4-6,11-12,14,16,19H,2-3,7-9,18H2,1H3. The van der Waals surface area contributed by atoms with Gasteiger partial charge in [0.1, 0.15) is 0 Å². The van der Waals surface area contributed by atoms with Crippen LogP contribution in [0, 0.1) is 24.7 Å². The van der Waals surface area contributed by atoms with E-state index < -0.39 is 0 Å². The molecule has 0 heterocycles. The predicted molar refractivity (Wildman–Crippen MR) is 79.8 cm³/mol. The van der Waals surface area contributed by atoms with Crippen LogP contribution in [0.4, 0.5) is 0 Å². The van der Waals surface area contributed by atoms with Gasteiger partial charge in [-0.3, -0.25) is 11.3 Å². The first kappa shape index (κ1) is 13.4. The largest absolute Gasteiger partial charge is 0.271 e. The van der Waals surface area contributed by atoms with Crippen molar-refractivity contribution in [3.05, 3.63) is 34.3 Å². The Kier molecular flexibility index (Phi) is 3.84. The quantitative estimate of drug-likeness (QED) is 0.646. The van der Waals surface area contributed by atoms with Crippen LogP contribution in [0.15, 0.2) is 18.2 Å². The van der Waals surface area contributed by atoms with E-state index in [9.17, 15) is 0 Å². The van der Waals surface area contributed by atoms with Crippen molar-refractivity contribution in [3.63, 3.8) is 0 Å². The van der Waals surface area contributed by atoms with Crippen molar-refractivity contribution in [3.8, 4) is 0 Å². The molecule has 4 unspecified atom stereocenters. The zero-order valence-electron chi connectivity index (χ0n) is 11.5. The lowest BCUT2D eigenvalue weighted by molar-refractivity contribution is 0.280. The number of aryl methyl sites for hydroxylation is 1. The van der Waals surface area contributed by atoms with Crippen LogP contribution in [0.2, 0.25) is 5.02 Å². The monoisotopic (exact) mass is 278 g/mol. The summed E-state index contributed by atoms with van der Waals surface area (Å²) in [6, 6.07) is 6.52. The van der Waals surface area contributed by atoms with Crippen molar-refractivity contribution >= 4 is 11.6 Å². The smallest absolute Gasteiger partial charge is 0.0462 e. The molecule has 2 nitrogen and oxygen atoms in total. The van der Waals surface area contributed by atoms with Crippen LogP contribution in [-0.2, 0) is 0 Å². The first-order valence-electron chi connectivity index (χ1n) is 7.39. The van der Waals surface area contributed by atoms with Gasteiger partial charge in [-0.1, -0.05) is 30.2 Å². The lowest BCUT2D eigenvalue weighted by Crippen LogP contribution is -2.30. The topological polar surface area (TPSA) is 38.0 Å². The zero-order chi connectivity index (χ0) is 13.4. The summed E-state index contributed by atoms with van der Waals surface area (Å²) in [6.07, 6.45) is 6.93. The number of hydrazine groups is 1. The second-order valence-corrected chi connectivity index (χ2v) is 6.81. The van der Waals surface area contributed by atoms with Gasteiger partial charge in [-0.15, -0.1) is 0 Å². The molecular formula is C16H23ClN2. The molecule has 2 aliphatic rings. The number of hydrogen-bond donors (Lipinski definition) is 2. The van der Waals surface area contributed by atoms with Crippen molar-refractivity contribution < 1.29 is 0 Å². The number of rotatable bonds is 4. The summed E-state index contributed by atoms with van der Waals surface area (Å²) in [5, 5.41) is 0.833. The Labute approximate surface area is 120 Å². The summed E-state index contributed by atoms with van der Waals surface area (Å²) in [6.45, 7) is 2.05. The lowest BCUT2D eigenvalue weighted by Gasteiger charge is -2.26. The number of halogens is 1. The van der Waals surface area contributed by atoms with E-state index in [4.69, 9.17) is 17.4 Å². The van der Waals surface area contributed by atoms with Gasteiger partial charge in [0.25, 0.3) is 0 Å². The Hall–Kier alpha value is -0.570. The van der Waals surface area contributed by atoms with E-state index in [2.05, 4.69) is 24.5 Å². The first-order chi connectivity index (χ1) is 9.17. The molecule has 1 aromatic carbocycles. The Morgan fingerprint density at radius 1 is 1.37 bits per heavy atom. The third-order valence-corrected chi connectivity index (χ3v) is 5.63. The molecule has 2 saturated carbocycles. The predicted octanol–water partition coefficient (Wildman–Crippen LogP) is 3.98. The van der Waals surface area contributed by atoms with E-state index in [-0.39, 0.29) is 6.04 Å². The number of benzene rings is 1. The molecule has 19 heavy (non-hydrogen) atoms. The summed E-state index contributed by atoms with van der Waals surface area (Å²) >= 11 is 6.10. The highest BCUT2D eigenvalue weighted by atomic mass is 35.5. The lowest BCUT2D eigenvalue weighted by atomic mass is 9.83. The number of fused-ring (bicyclic) bond motifs is 2. The fraction of sp³-hybridized carbons (Fsp3) is 0.625. The normalized spacial score (nSPS) is 30.8. The van der Waals surface area contributed by atoms with Gasteiger partial charge in [0.15, 0.2) is 0 Å². The summed E-state index contributed by atoms with van der Waals surface area (Å²) < 4.78 is 0. The summed E-state index contributed by atoms with van der Waals surface area (Å²) in [4.78, 5) is 0. The molecule has 2 bridgehead atoms. The van der Waals surface area contributed by atoms with Gasteiger partial charge < -0.3 is 0 Å². The second kappa shape index (κ2) is 5.43. The number of nitrogens with one attached hydrogen (secondary N) is 1. The average molecular weight is 279 g/mol. The highest BCUT2D eigenvalue weighted by molar-refractivity contribution is 6.31. The Morgan fingerprint density at radius 3 is 2.79 bits per heavy atom. The van der Waals surface area contributed by atoms with Crippen LogP contribution in [0.25, 0.3) is 0 Å². The van der Waals surface area contributed by atoms with Gasteiger partial charge in [0, 0.05) is 11.1 Å². The minimum absolute atomic E-state index is 0.264. The van der Waals surface area contributed by atoms with Gasteiger partial charge in [0.05, 0.1) is 0 Å². The highest BCUT2D eigenvalue weighted by Gasteiger charge is 2.40. The molecule has 3 heteroatoms. The fourth-order valence-electron chi connectivity index (χ4n) is 4.15. The first-order valence-corrected chi connectivity index (χ1v) is 7.77. The summed E-state index contributed by atoms with van der Waals surface area (Å²) in [7, 11) is 0. The average Bonchev–Trinajstić information content (AvgIpc) is 3.01. The maximum absolute atomic E-state index is 6.10. The molecular weight excluding hydrogens is 256 g/mol. The summed E-state index contributed by atoms with van der Waals surface area (Å²) in [5.41, 5.74) is 5.41. The maximum Gasteiger partial charge on any atom is 0.0462 e. The van der Waals surface area contributed by atoms with Gasteiger partial charge in [-0.2, -0.15) is 0 Å². The molecule has 3 N–H and O–H groups in total. The van der Waals surface area contributed by atoms with Crippen molar-refractivity contribution in [2.45, 2.75) is 45.1 Å². The Morgan fingerprint density at radius 2 is 2.21 bits per heavy atom. The zero-order valence-corrected chi connectivity index (χ0v) is 12.3. The molecule has 4 atom stereocenters. The molecule has 2 aliphatic carbocycles. The maximum atomic E-state index is 6.10. The molecule has 0 saturated heterocycles. The molecule has 1 aromatic rings. The van der Waals surface area contributed by atoms with E-state index in [0.29, 0.717) is 0 Å². The fourth-order valence-corrected chi connectivity index (χ4v) is 4.27. The van der Waals surface area contributed by atoms with Crippen molar-refractivity contribution in [2.24, 2.45) is 23.6 Å². The number of hydrogen-bond acceptors (Lipinski definition) is 2. The van der Waals surface area contributed by atoms with Gasteiger partial charge in [0.2, 0.25) is 0 Å². The van der Waals surface area contributed by atoms with Crippen LogP contribution < -0.4 is 11.3 Å². The third kappa shape index (κ3) is 2.67. The van der Waals surface area contributed by atoms with Gasteiger partial charge in [-0.05, 0) is 67.6 Å². The highest BCUT2D eigenvalue weighted by Crippen LogP contribution is 2.50. The molecule has 0 aromatic heterocycles. The minimum atomic E-state index is 0.264. The van der Waals surface area contributed by atoms with E-state index >= 15 is 0 Å². The van der Waals surface area contributed by atoms with Crippen LogP contribution >= 0.6 is 11.6 Å². The van der Waals surface area contributed by atoms with E-state index in [1.807, 2.05) is 6.07 Å². The Bertz CT molecular complexity index is 460. The van der Waals surface area contributed by atoms with Crippen LogP contribution in [0.1, 0.15) is 49.3 Å².